The van der Waals surface area contributed by atoms with Crippen molar-refractivity contribution in [3.8, 4) is 11.8 Å². The number of hydrogen-bond acceptors (Lipinski definition) is 5. The fraction of sp³-hybridized carbons (Fsp3) is 0.412. The number of benzene rings is 1. The number of oxazole rings is 1. The van der Waals surface area contributed by atoms with Crippen LogP contribution in [0.2, 0.25) is 0 Å². The van der Waals surface area contributed by atoms with Crippen LogP contribution in [0.5, 0.6) is 11.8 Å². The fourth-order valence-electron chi connectivity index (χ4n) is 3.47. The van der Waals surface area contributed by atoms with Crippen molar-refractivity contribution in [3.63, 3.8) is 0 Å². The molecule has 1 amide bonds. The lowest BCUT2D eigenvalue weighted by molar-refractivity contribution is 0.0909. The Morgan fingerprint density at radius 1 is 1.30 bits per heavy atom. The zero-order valence-electron chi connectivity index (χ0n) is 12.8. The number of hydrogen-bond donors (Lipinski definition) is 1. The van der Waals surface area contributed by atoms with Crippen molar-refractivity contribution < 1.29 is 13.9 Å². The standard InChI is InChI=1S/C17H19N3O3/c21-16(19-14-9-12-5-7-20(10-12)11-14)13-1-3-15(4-2-13)23-17-18-6-8-22-17/h1-4,6,8,12,14H,5,7,9-11H2,(H,19,21)/t12-,14-/m1/s1. The molecule has 6 nitrogen and oxygen atoms in total. The Balaban J connectivity index is 1.36. The lowest BCUT2D eigenvalue weighted by Crippen LogP contribution is -2.46. The Morgan fingerprint density at radius 3 is 2.91 bits per heavy atom. The lowest BCUT2D eigenvalue weighted by atomic mass is 9.96. The molecule has 2 aliphatic heterocycles. The summed E-state index contributed by atoms with van der Waals surface area (Å²) < 4.78 is 10.4. The Labute approximate surface area is 134 Å². The number of aromatic nitrogens is 1. The Bertz CT molecular complexity index is 657. The summed E-state index contributed by atoms with van der Waals surface area (Å²) in [5.41, 5.74) is 0.637. The smallest absolute Gasteiger partial charge is 0.399 e. The molecule has 23 heavy (non-hydrogen) atoms. The van der Waals surface area contributed by atoms with E-state index < -0.39 is 0 Å². The first-order chi connectivity index (χ1) is 11.3. The van der Waals surface area contributed by atoms with Crippen LogP contribution >= 0.6 is 0 Å². The van der Waals surface area contributed by atoms with Crippen LogP contribution in [0.3, 0.4) is 0 Å². The molecule has 2 bridgehead atoms. The molecule has 3 atom stereocenters. The summed E-state index contributed by atoms with van der Waals surface area (Å²) in [7, 11) is 0. The first-order valence-corrected chi connectivity index (χ1v) is 7.97. The summed E-state index contributed by atoms with van der Waals surface area (Å²) >= 11 is 0. The number of nitrogens with zero attached hydrogens (tertiary/aromatic N) is 2. The van der Waals surface area contributed by atoms with Gasteiger partial charge in [-0.3, -0.25) is 4.79 Å². The minimum Gasteiger partial charge on any atom is -0.417 e. The number of amides is 1. The third-order valence-electron chi connectivity index (χ3n) is 4.53. The van der Waals surface area contributed by atoms with E-state index in [9.17, 15) is 4.79 Å². The van der Waals surface area contributed by atoms with Crippen LogP contribution in [-0.2, 0) is 0 Å². The predicted octanol–water partition coefficient (Wildman–Crippen LogP) is 2.29. The molecule has 0 radical (unpaired) electrons. The van der Waals surface area contributed by atoms with E-state index in [-0.39, 0.29) is 18.0 Å². The number of ether oxygens (including phenoxy) is 1. The van der Waals surface area contributed by atoms with Gasteiger partial charge in [0.1, 0.15) is 12.0 Å². The number of rotatable bonds is 4. The number of piperidine rings is 1. The topological polar surface area (TPSA) is 67.6 Å². The van der Waals surface area contributed by atoms with Crippen molar-refractivity contribution in [2.75, 3.05) is 19.6 Å². The molecule has 4 rings (SSSR count). The van der Waals surface area contributed by atoms with Crippen LogP contribution in [0.25, 0.3) is 0 Å². The highest BCUT2D eigenvalue weighted by Crippen LogP contribution is 2.27. The Kier molecular flexibility index (Phi) is 3.75. The fourth-order valence-corrected chi connectivity index (χ4v) is 3.47. The second-order valence-corrected chi connectivity index (χ2v) is 6.24. The van der Waals surface area contributed by atoms with E-state index in [1.54, 1.807) is 24.3 Å². The molecule has 1 N–H and O–H groups in total. The van der Waals surface area contributed by atoms with E-state index in [2.05, 4.69) is 15.2 Å². The molecule has 3 heterocycles. The maximum atomic E-state index is 12.4. The van der Waals surface area contributed by atoms with Gasteiger partial charge in [-0.05, 0) is 49.6 Å². The summed E-state index contributed by atoms with van der Waals surface area (Å²) in [5, 5.41) is 3.15. The van der Waals surface area contributed by atoms with Crippen LogP contribution in [0.1, 0.15) is 23.2 Å². The summed E-state index contributed by atoms with van der Waals surface area (Å²) in [5.74, 6) is 1.30. The van der Waals surface area contributed by atoms with E-state index >= 15 is 0 Å². The average molecular weight is 313 g/mol. The molecule has 1 aromatic heterocycles. The molecule has 2 saturated heterocycles. The van der Waals surface area contributed by atoms with E-state index in [1.807, 2.05) is 0 Å². The molecular formula is C17H19N3O3. The third-order valence-corrected chi connectivity index (χ3v) is 4.53. The van der Waals surface area contributed by atoms with Crippen molar-refractivity contribution in [1.82, 2.24) is 15.2 Å². The number of nitrogens with one attached hydrogen (secondary N) is 1. The molecule has 1 aromatic carbocycles. The highest BCUT2D eigenvalue weighted by Gasteiger charge is 2.32. The van der Waals surface area contributed by atoms with Gasteiger partial charge in [-0.1, -0.05) is 0 Å². The molecule has 0 aliphatic carbocycles. The minimum atomic E-state index is -0.0276. The molecule has 2 aliphatic rings. The molecule has 120 valence electrons. The maximum Gasteiger partial charge on any atom is 0.399 e. The third kappa shape index (κ3) is 3.22. The summed E-state index contributed by atoms with van der Waals surface area (Å²) in [6.45, 7) is 3.33. The molecule has 0 saturated carbocycles. The molecule has 1 unspecified atom stereocenters. The van der Waals surface area contributed by atoms with E-state index in [1.165, 1.54) is 32.0 Å². The van der Waals surface area contributed by atoms with Crippen molar-refractivity contribution in [2.45, 2.75) is 18.9 Å². The molecule has 2 aromatic rings. The number of carbonyl (C=O) groups excluding carboxylic acids is 1. The molecule has 6 heteroatoms. The van der Waals surface area contributed by atoms with Crippen LogP contribution in [-0.4, -0.2) is 41.5 Å². The molecule has 0 spiro atoms. The van der Waals surface area contributed by atoms with Crippen molar-refractivity contribution in [3.05, 3.63) is 42.3 Å². The van der Waals surface area contributed by atoms with Crippen LogP contribution in [0.15, 0.2) is 41.1 Å². The van der Waals surface area contributed by atoms with Gasteiger partial charge in [-0.15, -0.1) is 0 Å². The van der Waals surface area contributed by atoms with Crippen LogP contribution < -0.4 is 10.1 Å². The zero-order valence-corrected chi connectivity index (χ0v) is 12.8. The van der Waals surface area contributed by atoms with Gasteiger partial charge in [0.05, 0.1) is 6.20 Å². The monoisotopic (exact) mass is 313 g/mol. The second-order valence-electron chi connectivity index (χ2n) is 6.24. The first-order valence-electron chi connectivity index (χ1n) is 7.97. The van der Waals surface area contributed by atoms with E-state index in [4.69, 9.17) is 9.15 Å². The van der Waals surface area contributed by atoms with Crippen molar-refractivity contribution in [2.24, 2.45) is 5.92 Å². The normalized spacial score (nSPS) is 26.0. The number of fused-ring (bicyclic) bond motifs is 2. The SMILES string of the molecule is O=C(N[C@@H]1C[C@H]2CCN(C2)C1)c1ccc(Oc2ncco2)cc1. The van der Waals surface area contributed by atoms with Gasteiger partial charge in [-0.2, -0.15) is 4.98 Å². The highest BCUT2D eigenvalue weighted by molar-refractivity contribution is 5.94. The first kappa shape index (κ1) is 14.3. The van der Waals surface area contributed by atoms with Crippen molar-refractivity contribution in [1.29, 1.82) is 0 Å². The van der Waals surface area contributed by atoms with Gasteiger partial charge < -0.3 is 19.4 Å². The van der Waals surface area contributed by atoms with Crippen LogP contribution in [0.4, 0.5) is 0 Å². The lowest BCUT2D eigenvalue weighted by Gasteiger charge is -2.30. The minimum absolute atomic E-state index is 0.0276. The van der Waals surface area contributed by atoms with Gasteiger partial charge in [0.25, 0.3) is 5.91 Å². The van der Waals surface area contributed by atoms with E-state index in [0.717, 1.165) is 18.9 Å². The quantitative estimate of drug-likeness (QED) is 0.938. The average Bonchev–Trinajstić information content (AvgIpc) is 3.18. The van der Waals surface area contributed by atoms with Crippen LogP contribution in [0, 0.1) is 5.92 Å². The van der Waals surface area contributed by atoms with Gasteiger partial charge in [-0.25, -0.2) is 0 Å². The van der Waals surface area contributed by atoms with Crippen molar-refractivity contribution >= 4 is 5.91 Å². The highest BCUT2D eigenvalue weighted by atomic mass is 16.6. The number of carbonyl (C=O) groups is 1. The molecule has 2 fully saturated rings. The van der Waals surface area contributed by atoms with Gasteiger partial charge in [0.15, 0.2) is 0 Å². The largest absolute Gasteiger partial charge is 0.417 e. The summed E-state index contributed by atoms with van der Waals surface area (Å²) in [6.07, 6.45) is 5.51. The Hall–Kier alpha value is -2.34. The maximum absolute atomic E-state index is 12.4. The predicted molar refractivity (Wildman–Crippen MR) is 83.4 cm³/mol. The van der Waals surface area contributed by atoms with Gasteiger partial charge in [0, 0.05) is 24.7 Å². The van der Waals surface area contributed by atoms with Gasteiger partial charge in [0.2, 0.25) is 0 Å². The Morgan fingerprint density at radius 2 is 2.17 bits per heavy atom. The summed E-state index contributed by atoms with van der Waals surface area (Å²) in [4.78, 5) is 18.7. The summed E-state index contributed by atoms with van der Waals surface area (Å²) in [6, 6.07) is 7.25. The second kappa shape index (κ2) is 6.04. The zero-order chi connectivity index (χ0) is 15.6. The van der Waals surface area contributed by atoms with E-state index in [0.29, 0.717) is 11.3 Å². The van der Waals surface area contributed by atoms with Gasteiger partial charge >= 0.3 is 6.08 Å². The molecular weight excluding hydrogens is 294 g/mol.